The number of anilines is 1. The van der Waals surface area contributed by atoms with Crippen LogP contribution in [0.25, 0.3) is 0 Å². The van der Waals surface area contributed by atoms with Gasteiger partial charge in [0.1, 0.15) is 0 Å². The number of aliphatic hydroxyl groups is 1. The molecule has 0 saturated carbocycles. The van der Waals surface area contributed by atoms with Gasteiger partial charge in [-0.25, -0.2) is 13.2 Å². The first-order chi connectivity index (χ1) is 11.4. The van der Waals surface area contributed by atoms with E-state index >= 15 is 0 Å². The highest BCUT2D eigenvalue weighted by atomic mass is 19.2. The van der Waals surface area contributed by atoms with Crippen molar-refractivity contribution < 1.29 is 27.9 Å². The second-order valence-electron chi connectivity index (χ2n) is 4.83. The molecule has 5 nitrogen and oxygen atoms in total. The maximum Gasteiger partial charge on any atom is 0.313 e. The highest BCUT2D eigenvalue weighted by Gasteiger charge is 2.22. The highest BCUT2D eigenvalue weighted by molar-refractivity contribution is 6.39. The molecule has 3 N–H and O–H groups in total. The molecule has 2 aromatic carbocycles. The summed E-state index contributed by atoms with van der Waals surface area (Å²) in [5, 5.41) is 13.7. The largest absolute Gasteiger partial charge is 0.394 e. The fourth-order valence-electron chi connectivity index (χ4n) is 1.94. The standard InChI is InChI=1S/C16H13F3N2O3/c17-11-6-9(7-12(18)14(11)19)13(8-22)21-16(24)15(23)20-10-4-2-1-3-5-10/h1-7,13,22H,8H2,(H,20,23)(H,21,24). The van der Waals surface area contributed by atoms with Crippen molar-refractivity contribution in [2.24, 2.45) is 0 Å². The Morgan fingerprint density at radius 3 is 2.12 bits per heavy atom. The number of benzene rings is 2. The summed E-state index contributed by atoms with van der Waals surface area (Å²) in [6.07, 6.45) is 0. The van der Waals surface area contributed by atoms with Crippen LogP contribution in [0.1, 0.15) is 11.6 Å². The van der Waals surface area contributed by atoms with Gasteiger partial charge in [0, 0.05) is 5.69 Å². The minimum atomic E-state index is -1.66. The molecule has 0 heterocycles. The number of aliphatic hydroxyl groups excluding tert-OH is 1. The van der Waals surface area contributed by atoms with Crippen LogP contribution in [0.5, 0.6) is 0 Å². The van der Waals surface area contributed by atoms with Crippen molar-refractivity contribution in [1.29, 1.82) is 0 Å². The van der Waals surface area contributed by atoms with E-state index in [1.54, 1.807) is 30.3 Å². The molecule has 0 aliphatic rings. The first-order valence-corrected chi connectivity index (χ1v) is 6.84. The Bertz CT molecular complexity index is 730. The molecule has 0 aliphatic heterocycles. The van der Waals surface area contributed by atoms with Gasteiger partial charge in [0.15, 0.2) is 17.5 Å². The summed E-state index contributed by atoms with van der Waals surface area (Å²) in [5.74, 6) is -6.74. The Hall–Kier alpha value is -2.87. The van der Waals surface area contributed by atoms with Gasteiger partial charge < -0.3 is 15.7 Å². The van der Waals surface area contributed by atoms with Gasteiger partial charge in [-0.1, -0.05) is 18.2 Å². The second kappa shape index (κ2) is 7.60. The van der Waals surface area contributed by atoms with Gasteiger partial charge in [-0.2, -0.15) is 0 Å². The average molecular weight is 338 g/mol. The number of nitrogens with one attached hydrogen (secondary N) is 2. The van der Waals surface area contributed by atoms with E-state index in [0.29, 0.717) is 17.8 Å². The third kappa shape index (κ3) is 4.11. The SMILES string of the molecule is O=C(Nc1ccccc1)C(=O)NC(CO)c1cc(F)c(F)c(F)c1. The zero-order valence-electron chi connectivity index (χ0n) is 12.2. The average Bonchev–Trinajstić information content (AvgIpc) is 2.57. The summed E-state index contributed by atoms with van der Waals surface area (Å²) in [6, 6.07) is 8.11. The quantitative estimate of drug-likeness (QED) is 0.588. The highest BCUT2D eigenvalue weighted by Crippen LogP contribution is 2.19. The van der Waals surface area contributed by atoms with Gasteiger partial charge in [-0.15, -0.1) is 0 Å². The van der Waals surface area contributed by atoms with Crippen molar-refractivity contribution >= 4 is 17.5 Å². The molecule has 0 bridgehead atoms. The fraction of sp³-hybridized carbons (Fsp3) is 0.125. The molecule has 0 spiro atoms. The second-order valence-corrected chi connectivity index (χ2v) is 4.83. The van der Waals surface area contributed by atoms with Gasteiger partial charge in [-0.05, 0) is 29.8 Å². The normalized spacial score (nSPS) is 11.7. The number of carbonyl (C=O) groups excluding carboxylic acids is 2. The van der Waals surface area contributed by atoms with Gasteiger partial charge in [0.25, 0.3) is 0 Å². The van der Waals surface area contributed by atoms with Crippen LogP contribution in [-0.2, 0) is 9.59 Å². The number of hydrogen-bond acceptors (Lipinski definition) is 3. The van der Waals surface area contributed by atoms with Gasteiger partial charge in [-0.3, -0.25) is 9.59 Å². The van der Waals surface area contributed by atoms with E-state index in [-0.39, 0.29) is 5.56 Å². The molecule has 0 saturated heterocycles. The first kappa shape index (κ1) is 17.5. The molecule has 2 rings (SSSR count). The molecular formula is C16H13F3N2O3. The van der Waals surface area contributed by atoms with E-state index < -0.39 is 41.9 Å². The monoisotopic (exact) mass is 338 g/mol. The molecule has 0 aromatic heterocycles. The van der Waals surface area contributed by atoms with Crippen LogP contribution in [0.15, 0.2) is 42.5 Å². The molecule has 2 amide bonds. The predicted molar refractivity (Wildman–Crippen MR) is 79.4 cm³/mol. The van der Waals surface area contributed by atoms with Crippen molar-refractivity contribution in [3.63, 3.8) is 0 Å². The van der Waals surface area contributed by atoms with Crippen molar-refractivity contribution in [2.75, 3.05) is 11.9 Å². The lowest BCUT2D eigenvalue weighted by atomic mass is 10.1. The minimum Gasteiger partial charge on any atom is -0.394 e. The van der Waals surface area contributed by atoms with E-state index in [2.05, 4.69) is 10.6 Å². The number of halogens is 3. The molecule has 0 fully saturated rings. The molecule has 0 radical (unpaired) electrons. The summed E-state index contributed by atoms with van der Waals surface area (Å²) >= 11 is 0. The molecule has 1 unspecified atom stereocenters. The van der Waals surface area contributed by atoms with Crippen molar-refractivity contribution in [1.82, 2.24) is 5.32 Å². The van der Waals surface area contributed by atoms with Crippen molar-refractivity contribution in [2.45, 2.75) is 6.04 Å². The zero-order valence-corrected chi connectivity index (χ0v) is 12.2. The number of hydrogen-bond donors (Lipinski definition) is 3. The molecule has 8 heteroatoms. The molecule has 24 heavy (non-hydrogen) atoms. The van der Waals surface area contributed by atoms with E-state index in [1.165, 1.54) is 0 Å². The van der Waals surface area contributed by atoms with Crippen LogP contribution < -0.4 is 10.6 Å². The summed E-state index contributed by atoms with van der Waals surface area (Å²) in [4.78, 5) is 23.6. The van der Waals surface area contributed by atoms with Gasteiger partial charge in [0.05, 0.1) is 12.6 Å². The number of amides is 2. The number of rotatable bonds is 4. The lowest BCUT2D eigenvalue weighted by Crippen LogP contribution is -2.39. The minimum absolute atomic E-state index is 0.213. The van der Waals surface area contributed by atoms with Crippen molar-refractivity contribution in [3.05, 3.63) is 65.5 Å². The smallest absolute Gasteiger partial charge is 0.313 e. The van der Waals surface area contributed by atoms with Crippen LogP contribution in [0.2, 0.25) is 0 Å². The van der Waals surface area contributed by atoms with E-state index in [0.717, 1.165) is 0 Å². The molecular weight excluding hydrogens is 325 g/mol. The van der Waals surface area contributed by atoms with E-state index in [9.17, 15) is 27.9 Å². The van der Waals surface area contributed by atoms with E-state index in [4.69, 9.17) is 0 Å². The molecule has 0 aliphatic carbocycles. The Labute approximate surface area is 135 Å². The van der Waals surface area contributed by atoms with Crippen LogP contribution in [-0.4, -0.2) is 23.5 Å². The third-order valence-corrected chi connectivity index (χ3v) is 3.13. The molecule has 126 valence electrons. The predicted octanol–water partition coefficient (Wildman–Crippen LogP) is 1.89. The Balaban J connectivity index is 2.09. The van der Waals surface area contributed by atoms with Crippen LogP contribution in [0, 0.1) is 17.5 Å². The summed E-state index contributed by atoms with van der Waals surface area (Å²) in [7, 11) is 0. The summed E-state index contributed by atoms with van der Waals surface area (Å²) in [5.41, 5.74) is 0.159. The Kier molecular flexibility index (Phi) is 5.54. The first-order valence-electron chi connectivity index (χ1n) is 6.84. The topological polar surface area (TPSA) is 78.4 Å². The number of carbonyl (C=O) groups is 2. The lowest BCUT2D eigenvalue weighted by molar-refractivity contribution is -0.136. The summed E-state index contributed by atoms with van der Waals surface area (Å²) < 4.78 is 39.4. The van der Waals surface area contributed by atoms with E-state index in [1.807, 2.05) is 0 Å². The lowest BCUT2D eigenvalue weighted by Gasteiger charge is -2.17. The maximum atomic E-state index is 13.2. The molecule has 2 aromatic rings. The fourth-order valence-corrected chi connectivity index (χ4v) is 1.94. The van der Waals surface area contributed by atoms with Crippen LogP contribution >= 0.6 is 0 Å². The third-order valence-electron chi connectivity index (χ3n) is 3.13. The van der Waals surface area contributed by atoms with Crippen molar-refractivity contribution in [3.8, 4) is 0 Å². The van der Waals surface area contributed by atoms with Gasteiger partial charge in [0.2, 0.25) is 0 Å². The maximum absolute atomic E-state index is 13.2. The van der Waals surface area contributed by atoms with Crippen LogP contribution in [0.4, 0.5) is 18.9 Å². The number of para-hydroxylation sites is 1. The van der Waals surface area contributed by atoms with Crippen LogP contribution in [0.3, 0.4) is 0 Å². The Morgan fingerprint density at radius 1 is 1.00 bits per heavy atom. The molecule has 1 atom stereocenters. The van der Waals surface area contributed by atoms with Gasteiger partial charge >= 0.3 is 11.8 Å². The summed E-state index contributed by atoms with van der Waals surface area (Å²) in [6.45, 7) is -0.741. The Morgan fingerprint density at radius 2 is 1.58 bits per heavy atom. The zero-order chi connectivity index (χ0) is 17.7.